The first-order valence-corrected chi connectivity index (χ1v) is 7.24. The highest BCUT2D eigenvalue weighted by atomic mass is 32.2. The Bertz CT molecular complexity index is 291. The quantitative estimate of drug-likeness (QED) is 0.559. The van der Waals surface area contributed by atoms with Crippen LogP contribution in [0.1, 0.15) is 46.5 Å². The Morgan fingerprint density at radius 3 is 2.00 bits per heavy atom. The third-order valence-corrected chi connectivity index (χ3v) is 4.49. The molecule has 1 aliphatic rings. The first-order valence-electron chi connectivity index (χ1n) is 6.13. The zero-order valence-corrected chi connectivity index (χ0v) is 11.8. The lowest BCUT2D eigenvalue weighted by Crippen LogP contribution is -2.29. The van der Waals surface area contributed by atoms with Gasteiger partial charge in [-0.15, -0.1) is 0 Å². The maximum atomic E-state index is 12.5. The van der Waals surface area contributed by atoms with Crippen LogP contribution < -0.4 is 0 Å². The van der Waals surface area contributed by atoms with Gasteiger partial charge in [-0.3, -0.25) is 0 Å². The molecule has 1 aliphatic carbocycles. The number of hydrogen-bond donors (Lipinski definition) is 0. The summed E-state index contributed by atoms with van der Waals surface area (Å²) in [6.45, 7) is 5.46. The van der Waals surface area contributed by atoms with E-state index in [9.17, 15) is 17.7 Å². The van der Waals surface area contributed by atoms with Gasteiger partial charge in [-0.25, -0.2) is 0 Å². The number of rotatable bonds is 2. The fraction of sp³-hybridized carbons (Fsp3) is 0.917. The van der Waals surface area contributed by atoms with Crippen LogP contribution in [-0.4, -0.2) is 21.7 Å². The largest absolute Gasteiger partial charge is 0.591 e. The van der Waals surface area contributed by atoms with E-state index >= 15 is 0 Å². The normalized spacial score (nSPS) is 28.6. The Hall–Kier alpha value is -0.230. The topological polar surface area (TPSA) is 35.4 Å². The van der Waals surface area contributed by atoms with Crippen molar-refractivity contribution in [2.75, 3.05) is 0 Å². The van der Waals surface area contributed by atoms with Gasteiger partial charge >= 0.3 is 6.18 Å². The van der Waals surface area contributed by atoms with Crippen molar-refractivity contribution in [2.45, 2.75) is 57.4 Å². The van der Waals surface area contributed by atoms with Crippen molar-refractivity contribution in [3.05, 3.63) is 0 Å². The van der Waals surface area contributed by atoms with E-state index in [0.29, 0.717) is 12.8 Å². The van der Waals surface area contributed by atoms with Crippen LogP contribution in [0.25, 0.3) is 0 Å². The number of halogens is 3. The lowest BCUT2D eigenvalue weighted by atomic mass is 9.82. The Balaban J connectivity index is 2.43. The van der Waals surface area contributed by atoms with Crippen LogP contribution in [-0.2, 0) is 11.4 Å². The second-order valence-corrected chi connectivity index (χ2v) is 7.70. The number of nitrogens with zero attached hydrogens (tertiary/aromatic N) is 1. The second-order valence-electron chi connectivity index (χ2n) is 5.77. The first-order chi connectivity index (χ1) is 8.10. The summed E-state index contributed by atoms with van der Waals surface area (Å²) in [6.07, 6.45) is -1.21. The lowest BCUT2D eigenvalue weighted by molar-refractivity contribution is -0.182. The van der Waals surface area contributed by atoms with Gasteiger partial charge in [0.2, 0.25) is 0 Å². The standard InChI is InChI=1S/C12H20F3NOS/c1-11(2,3)18(17)16-8-9-4-6-10(7-5-9)12(13,14)15/h8-10H,4-7H2,1-3H3/b16-8+/t9-,10-,18?. The highest BCUT2D eigenvalue weighted by Crippen LogP contribution is 2.39. The summed E-state index contributed by atoms with van der Waals surface area (Å²) < 4.78 is 52.6. The highest BCUT2D eigenvalue weighted by Gasteiger charge is 2.41. The molecule has 106 valence electrons. The van der Waals surface area contributed by atoms with Crippen molar-refractivity contribution in [2.24, 2.45) is 16.2 Å². The van der Waals surface area contributed by atoms with Gasteiger partial charge in [-0.2, -0.15) is 13.2 Å². The van der Waals surface area contributed by atoms with E-state index in [1.54, 1.807) is 6.21 Å². The summed E-state index contributed by atoms with van der Waals surface area (Å²) in [6, 6.07) is 0. The van der Waals surface area contributed by atoms with Crippen LogP contribution >= 0.6 is 0 Å². The molecule has 0 aromatic carbocycles. The van der Waals surface area contributed by atoms with Gasteiger partial charge in [-0.05, 0) is 52.4 Å². The Labute approximate surface area is 109 Å². The summed E-state index contributed by atoms with van der Waals surface area (Å²) in [5.41, 5.74) is 0. The van der Waals surface area contributed by atoms with E-state index < -0.39 is 28.2 Å². The molecule has 0 radical (unpaired) electrons. The zero-order chi connectivity index (χ0) is 14.0. The molecule has 0 amide bonds. The maximum Gasteiger partial charge on any atom is 0.391 e. The first kappa shape index (κ1) is 15.8. The molecule has 0 N–H and O–H groups in total. The van der Waals surface area contributed by atoms with Crippen LogP contribution in [0.2, 0.25) is 0 Å². The van der Waals surface area contributed by atoms with E-state index in [-0.39, 0.29) is 18.8 Å². The summed E-state index contributed by atoms with van der Waals surface area (Å²) in [7, 11) is 0. The average molecular weight is 283 g/mol. The Morgan fingerprint density at radius 2 is 1.61 bits per heavy atom. The Kier molecular flexibility index (Phi) is 5.12. The maximum absolute atomic E-state index is 12.5. The monoisotopic (exact) mass is 283 g/mol. The predicted octanol–water partition coefficient (Wildman–Crippen LogP) is 3.89. The summed E-state index contributed by atoms with van der Waals surface area (Å²) >= 11 is -1.32. The van der Waals surface area contributed by atoms with Crippen molar-refractivity contribution in [3.8, 4) is 0 Å². The van der Waals surface area contributed by atoms with Crippen LogP contribution in [0.4, 0.5) is 13.2 Å². The predicted molar refractivity (Wildman–Crippen MR) is 67.9 cm³/mol. The SMILES string of the molecule is CC(C)(C)[S+]([O-])/N=C/[C@H]1CC[C@H](C(F)(F)F)CC1. The third-order valence-electron chi connectivity index (χ3n) is 3.13. The van der Waals surface area contributed by atoms with Gasteiger partial charge < -0.3 is 4.55 Å². The van der Waals surface area contributed by atoms with Gasteiger partial charge in [0.25, 0.3) is 0 Å². The molecule has 1 atom stereocenters. The summed E-state index contributed by atoms with van der Waals surface area (Å²) in [4.78, 5) is 0. The van der Waals surface area contributed by atoms with E-state index in [2.05, 4.69) is 4.40 Å². The molecule has 1 fully saturated rings. The molecule has 0 spiro atoms. The van der Waals surface area contributed by atoms with E-state index in [4.69, 9.17) is 0 Å². The molecule has 1 saturated carbocycles. The van der Waals surface area contributed by atoms with Gasteiger partial charge in [0.15, 0.2) is 0 Å². The van der Waals surface area contributed by atoms with E-state index in [1.807, 2.05) is 20.8 Å². The van der Waals surface area contributed by atoms with E-state index in [1.165, 1.54) is 0 Å². The molecule has 0 saturated heterocycles. The molecule has 6 heteroatoms. The fourth-order valence-electron chi connectivity index (χ4n) is 1.90. The summed E-state index contributed by atoms with van der Waals surface area (Å²) in [5.74, 6) is -1.13. The molecule has 2 nitrogen and oxygen atoms in total. The molecule has 0 aromatic heterocycles. The fourth-order valence-corrected chi connectivity index (χ4v) is 2.49. The lowest BCUT2D eigenvalue weighted by Gasteiger charge is -2.27. The van der Waals surface area contributed by atoms with Gasteiger partial charge in [0, 0.05) is 0 Å². The minimum absolute atomic E-state index is 0.0369. The second kappa shape index (κ2) is 5.82. The van der Waals surface area contributed by atoms with Crippen LogP contribution in [0.15, 0.2) is 4.40 Å². The van der Waals surface area contributed by atoms with Crippen molar-refractivity contribution in [3.63, 3.8) is 0 Å². The molecule has 0 aromatic rings. The molecule has 0 bridgehead atoms. The average Bonchev–Trinajstić information content (AvgIpc) is 2.24. The number of alkyl halides is 3. The molecular formula is C12H20F3NOS. The minimum atomic E-state index is -4.07. The zero-order valence-electron chi connectivity index (χ0n) is 11.0. The molecule has 1 rings (SSSR count). The van der Waals surface area contributed by atoms with Gasteiger partial charge in [-0.1, -0.05) is 4.40 Å². The minimum Gasteiger partial charge on any atom is -0.591 e. The van der Waals surface area contributed by atoms with Crippen molar-refractivity contribution in [1.82, 2.24) is 0 Å². The number of hydrogen-bond acceptors (Lipinski definition) is 2. The van der Waals surface area contributed by atoms with Crippen molar-refractivity contribution >= 4 is 17.6 Å². The molecule has 0 heterocycles. The van der Waals surface area contributed by atoms with E-state index in [0.717, 1.165) is 0 Å². The molecule has 18 heavy (non-hydrogen) atoms. The smallest absolute Gasteiger partial charge is 0.391 e. The highest BCUT2D eigenvalue weighted by molar-refractivity contribution is 7.91. The third kappa shape index (κ3) is 4.80. The van der Waals surface area contributed by atoms with Crippen molar-refractivity contribution < 1.29 is 17.7 Å². The molecule has 1 unspecified atom stereocenters. The van der Waals surface area contributed by atoms with Gasteiger partial charge in [0.05, 0.1) is 12.1 Å². The molecule has 0 aliphatic heterocycles. The van der Waals surface area contributed by atoms with Crippen LogP contribution in [0.3, 0.4) is 0 Å². The van der Waals surface area contributed by atoms with Gasteiger partial charge in [0.1, 0.15) is 16.1 Å². The molecular weight excluding hydrogens is 263 g/mol. The summed E-state index contributed by atoms with van der Waals surface area (Å²) in [5, 5.41) is 0. The van der Waals surface area contributed by atoms with Crippen molar-refractivity contribution in [1.29, 1.82) is 0 Å². The Morgan fingerprint density at radius 1 is 1.11 bits per heavy atom. The van der Waals surface area contributed by atoms with Crippen LogP contribution in [0.5, 0.6) is 0 Å². The van der Waals surface area contributed by atoms with Crippen LogP contribution in [0, 0.1) is 11.8 Å².